The quantitative estimate of drug-likeness (QED) is 0.675. The minimum Gasteiger partial charge on any atom is -0.373 e. The van der Waals surface area contributed by atoms with Crippen LogP contribution in [0.4, 0.5) is 19.0 Å². The first-order valence-electron chi connectivity index (χ1n) is 8.77. The second-order valence-corrected chi connectivity index (χ2v) is 8.90. The number of nitrogens with zero attached hydrogens (tertiary/aromatic N) is 2. The molecule has 27 heavy (non-hydrogen) atoms. The zero-order chi connectivity index (χ0) is 19.7. The van der Waals surface area contributed by atoms with E-state index in [-0.39, 0.29) is 10.9 Å². The minimum absolute atomic E-state index is 0.106. The summed E-state index contributed by atoms with van der Waals surface area (Å²) in [5, 5.41) is 0. The molecule has 0 radical (unpaired) electrons. The van der Waals surface area contributed by atoms with Crippen LogP contribution in [0.3, 0.4) is 0 Å². The van der Waals surface area contributed by atoms with Crippen LogP contribution in [0.25, 0.3) is 0 Å². The molecule has 2 atom stereocenters. The molecule has 1 aliphatic heterocycles. The van der Waals surface area contributed by atoms with Gasteiger partial charge in [-0.3, -0.25) is 0 Å². The van der Waals surface area contributed by atoms with Crippen molar-refractivity contribution in [3.05, 3.63) is 53.7 Å². The van der Waals surface area contributed by atoms with Gasteiger partial charge in [0, 0.05) is 36.5 Å². The number of pyridine rings is 1. The van der Waals surface area contributed by atoms with Gasteiger partial charge < -0.3 is 9.64 Å². The van der Waals surface area contributed by atoms with Gasteiger partial charge in [0.25, 0.3) is 0 Å². The number of aromatic nitrogens is 1. The van der Waals surface area contributed by atoms with E-state index in [1.807, 2.05) is 37.3 Å². The highest BCUT2D eigenvalue weighted by atomic mass is 32.2. The first-order chi connectivity index (χ1) is 12.7. The van der Waals surface area contributed by atoms with Crippen molar-refractivity contribution in [2.45, 2.75) is 41.7 Å². The van der Waals surface area contributed by atoms with Crippen LogP contribution in [-0.2, 0) is 10.9 Å². The van der Waals surface area contributed by atoms with Crippen molar-refractivity contribution in [2.75, 3.05) is 25.6 Å². The van der Waals surface area contributed by atoms with Crippen molar-refractivity contribution in [3.63, 3.8) is 0 Å². The number of benzene rings is 1. The summed E-state index contributed by atoms with van der Waals surface area (Å²) in [4.78, 5) is 7.00. The Morgan fingerprint density at radius 3 is 2.63 bits per heavy atom. The van der Waals surface area contributed by atoms with Gasteiger partial charge in [0.05, 0.1) is 11.7 Å². The number of anilines is 1. The molecule has 1 aromatic carbocycles. The Morgan fingerprint density at radius 2 is 2.00 bits per heavy atom. The first kappa shape index (κ1) is 20.0. The van der Waals surface area contributed by atoms with Crippen LogP contribution in [0.2, 0.25) is 0 Å². The minimum atomic E-state index is -4.32. The molecule has 146 valence electrons. The number of ether oxygens (including phenoxy) is 1. The molecule has 1 aliphatic rings. The van der Waals surface area contributed by atoms with Crippen LogP contribution in [0.15, 0.2) is 47.5 Å². The van der Waals surface area contributed by atoms with Gasteiger partial charge in [-0.1, -0.05) is 12.1 Å². The normalized spacial score (nSPS) is 23.3. The van der Waals surface area contributed by atoms with Gasteiger partial charge >= 0.3 is 6.18 Å². The van der Waals surface area contributed by atoms with E-state index in [0.717, 1.165) is 30.3 Å². The second-order valence-electron chi connectivity index (χ2n) is 7.24. The van der Waals surface area contributed by atoms with Gasteiger partial charge in [-0.05, 0) is 49.6 Å². The summed E-state index contributed by atoms with van der Waals surface area (Å²) in [6.45, 7) is 2.66. The van der Waals surface area contributed by atoms with E-state index in [0.29, 0.717) is 11.5 Å². The lowest BCUT2D eigenvalue weighted by Gasteiger charge is -2.38. The third kappa shape index (κ3) is 4.96. The summed E-state index contributed by atoms with van der Waals surface area (Å²) in [5.41, 5.74) is 0.388. The summed E-state index contributed by atoms with van der Waals surface area (Å²) >= 11 is 1.49. The highest BCUT2D eigenvalue weighted by Gasteiger charge is 2.36. The molecule has 1 fully saturated rings. The predicted molar refractivity (Wildman–Crippen MR) is 102 cm³/mol. The average Bonchev–Trinajstić information content (AvgIpc) is 2.61. The zero-order valence-electron chi connectivity index (χ0n) is 15.6. The summed E-state index contributed by atoms with van der Waals surface area (Å²) in [6, 6.07) is 9.50. The van der Waals surface area contributed by atoms with E-state index < -0.39 is 11.7 Å². The SMILES string of the molecule is CN(C)c1ccc(C2CC(C)(Sc3cccc(C(F)(F)F)c3)CCO2)cn1. The van der Waals surface area contributed by atoms with Gasteiger partial charge in [-0.15, -0.1) is 11.8 Å². The Hall–Kier alpha value is -1.73. The lowest BCUT2D eigenvalue weighted by Crippen LogP contribution is -2.32. The molecule has 3 rings (SSSR count). The second kappa shape index (κ2) is 7.72. The molecule has 0 spiro atoms. The van der Waals surface area contributed by atoms with Crippen molar-refractivity contribution < 1.29 is 17.9 Å². The smallest absolute Gasteiger partial charge is 0.373 e. The Morgan fingerprint density at radius 1 is 1.22 bits per heavy atom. The summed E-state index contributed by atoms with van der Waals surface area (Å²) in [6.07, 6.45) is -1.11. The molecule has 2 heterocycles. The van der Waals surface area contributed by atoms with Crippen molar-refractivity contribution >= 4 is 17.6 Å². The Labute approximate surface area is 161 Å². The van der Waals surface area contributed by atoms with E-state index in [4.69, 9.17) is 4.74 Å². The summed E-state index contributed by atoms with van der Waals surface area (Å²) in [7, 11) is 3.86. The lowest BCUT2D eigenvalue weighted by atomic mass is 9.93. The van der Waals surface area contributed by atoms with E-state index in [1.165, 1.54) is 23.9 Å². The van der Waals surface area contributed by atoms with Crippen molar-refractivity contribution in [1.29, 1.82) is 0 Å². The fourth-order valence-electron chi connectivity index (χ4n) is 3.15. The van der Waals surface area contributed by atoms with Crippen LogP contribution in [0.1, 0.15) is 37.0 Å². The van der Waals surface area contributed by atoms with E-state index in [1.54, 1.807) is 6.07 Å². The number of alkyl halides is 3. The van der Waals surface area contributed by atoms with Gasteiger partial charge in [-0.2, -0.15) is 13.2 Å². The van der Waals surface area contributed by atoms with Crippen LogP contribution in [-0.4, -0.2) is 30.4 Å². The fraction of sp³-hybridized carbons (Fsp3) is 0.450. The zero-order valence-corrected chi connectivity index (χ0v) is 16.4. The van der Waals surface area contributed by atoms with E-state index in [2.05, 4.69) is 11.9 Å². The molecule has 0 aliphatic carbocycles. The van der Waals surface area contributed by atoms with Crippen molar-refractivity contribution in [1.82, 2.24) is 4.98 Å². The van der Waals surface area contributed by atoms with Gasteiger partial charge in [-0.25, -0.2) is 4.98 Å². The van der Waals surface area contributed by atoms with Crippen LogP contribution >= 0.6 is 11.8 Å². The molecule has 2 aromatic rings. The Kier molecular flexibility index (Phi) is 5.72. The molecule has 0 bridgehead atoms. The monoisotopic (exact) mass is 396 g/mol. The van der Waals surface area contributed by atoms with Crippen molar-refractivity contribution in [3.8, 4) is 0 Å². The largest absolute Gasteiger partial charge is 0.416 e. The van der Waals surface area contributed by atoms with Crippen LogP contribution in [0, 0.1) is 0 Å². The molecule has 1 aromatic heterocycles. The Balaban J connectivity index is 1.74. The van der Waals surface area contributed by atoms with E-state index >= 15 is 0 Å². The third-order valence-corrected chi connectivity index (χ3v) is 6.05. The lowest BCUT2D eigenvalue weighted by molar-refractivity contribution is -0.137. The van der Waals surface area contributed by atoms with Gasteiger partial charge in [0.15, 0.2) is 0 Å². The number of halogens is 3. The highest BCUT2D eigenvalue weighted by Crippen LogP contribution is 2.46. The maximum atomic E-state index is 13.0. The van der Waals surface area contributed by atoms with Gasteiger partial charge in [0.1, 0.15) is 5.82 Å². The first-order valence-corrected chi connectivity index (χ1v) is 9.59. The fourth-order valence-corrected chi connectivity index (χ4v) is 4.47. The van der Waals surface area contributed by atoms with Crippen LogP contribution < -0.4 is 4.90 Å². The molecule has 2 unspecified atom stereocenters. The summed E-state index contributed by atoms with van der Waals surface area (Å²) in [5.74, 6) is 0.871. The van der Waals surface area contributed by atoms with Crippen LogP contribution in [0.5, 0.6) is 0 Å². The molecule has 0 amide bonds. The standard InChI is InChI=1S/C20H23F3N2OS/c1-19(27-16-6-4-5-15(11-16)20(21,22)23)9-10-26-17(12-19)14-7-8-18(24-13-14)25(2)3/h4-8,11,13,17H,9-10,12H2,1-3H3. The predicted octanol–water partition coefficient (Wildman–Crippen LogP) is 5.57. The average molecular weight is 396 g/mol. The number of thioether (sulfide) groups is 1. The van der Waals surface area contributed by atoms with Gasteiger partial charge in [0.2, 0.25) is 0 Å². The maximum Gasteiger partial charge on any atom is 0.416 e. The number of hydrogen-bond donors (Lipinski definition) is 0. The topological polar surface area (TPSA) is 25.4 Å². The molecule has 0 saturated carbocycles. The molecule has 3 nitrogen and oxygen atoms in total. The Bertz CT molecular complexity index is 780. The maximum absolute atomic E-state index is 13.0. The third-order valence-electron chi connectivity index (χ3n) is 4.69. The highest BCUT2D eigenvalue weighted by molar-refractivity contribution is 8.00. The molecular weight excluding hydrogens is 373 g/mol. The molecule has 7 heteroatoms. The molecule has 0 N–H and O–H groups in total. The molecular formula is C20H23F3N2OS. The van der Waals surface area contributed by atoms with E-state index in [9.17, 15) is 13.2 Å². The molecule has 1 saturated heterocycles. The summed E-state index contributed by atoms with van der Waals surface area (Å²) < 4.78 is 44.7. The number of rotatable bonds is 4. The number of hydrogen-bond acceptors (Lipinski definition) is 4. The van der Waals surface area contributed by atoms with Crippen molar-refractivity contribution in [2.24, 2.45) is 0 Å².